The lowest BCUT2D eigenvalue weighted by Crippen LogP contribution is -2.42. The molecular weight excluding hydrogens is 668 g/mol. The molecule has 4 heterocycles. The van der Waals surface area contributed by atoms with E-state index in [0.717, 1.165) is 53.8 Å². The fourth-order valence-corrected chi connectivity index (χ4v) is 8.24. The van der Waals surface area contributed by atoms with E-state index in [2.05, 4.69) is 90.6 Å². The SMILES string of the molecule is CC(C)(C)OC(=O)N1CCC[C@H]1c1nc2ccc(C3CCC(c4ccc(NC(=O)C5CCCN5C(=O)O)cc4)N3c3ccc(C(C)(C)C)cc3)cc2[nH]1. The van der Waals surface area contributed by atoms with E-state index in [4.69, 9.17) is 9.72 Å². The normalized spacial score (nSPS) is 22.1. The number of imidazole rings is 1. The van der Waals surface area contributed by atoms with Crippen LogP contribution in [0.1, 0.15) is 121 Å². The molecule has 3 saturated heterocycles. The van der Waals surface area contributed by atoms with Crippen LogP contribution >= 0.6 is 0 Å². The van der Waals surface area contributed by atoms with Gasteiger partial charge >= 0.3 is 12.2 Å². The minimum absolute atomic E-state index is 0.0321. The predicted molar refractivity (Wildman–Crippen MR) is 206 cm³/mol. The molecule has 0 saturated carbocycles. The first-order valence-electron chi connectivity index (χ1n) is 18.9. The quantitative estimate of drug-likeness (QED) is 0.181. The third kappa shape index (κ3) is 7.57. The molecular formula is C42H52N6O5. The number of hydrogen-bond acceptors (Lipinski definition) is 6. The number of ether oxygens (including phenoxy) is 1. The number of rotatable bonds is 6. The van der Waals surface area contributed by atoms with E-state index in [1.807, 2.05) is 32.9 Å². The van der Waals surface area contributed by atoms with Crippen LogP contribution in [0.15, 0.2) is 66.7 Å². The smallest absolute Gasteiger partial charge is 0.410 e. The Kier molecular flexibility index (Phi) is 9.63. The van der Waals surface area contributed by atoms with Gasteiger partial charge in [-0.05, 0) is 118 Å². The molecule has 0 bridgehead atoms. The summed E-state index contributed by atoms with van der Waals surface area (Å²) < 4.78 is 5.72. The summed E-state index contributed by atoms with van der Waals surface area (Å²) in [5.74, 6) is 0.497. The molecule has 11 nitrogen and oxygen atoms in total. The van der Waals surface area contributed by atoms with Gasteiger partial charge in [-0.1, -0.05) is 51.1 Å². The first-order chi connectivity index (χ1) is 25.2. The number of anilines is 2. The maximum Gasteiger partial charge on any atom is 0.410 e. The zero-order chi connectivity index (χ0) is 37.7. The largest absolute Gasteiger partial charge is 0.465 e. The summed E-state index contributed by atoms with van der Waals surface area (Å²) in [7, 11) is 0. The van der Waals surface area contributed by atoms with E-state index < -0.39 is 17.7 Å². The molecule has 3 unspecified atom stereocenters. The van der Waals surface area contributed by atoms with Crippen LogP contribution in [0.3, 0.4) is 0 Å². The molecule has 280 valence electrons. The average Bonchev–Trinajstić information content (AvgIpc) is 3.92. The monoisotopic (exact) mass is 720 g/mol. The Hall–Kier alpha value is -5.06. The van der Waals surface area contributed by atoms with E-state index in [0.29, 0.717) is 31.6 Å². The minimum atomic E-state index is -1.06. The van der Waals surface area contributed by atoms with Crippen molar-refractivity contribution in [2.45, 2.75) is 115 Å². The standard InChI is InChI=1S/C42H52N6O5/c1-41(2,3)28-14-18-30(19-15-28)48-33(26-11-16-29(17-12-26)43-38(49)36-10-8-23-46(36)39(50)51)21-22-34(48)27-13-20-31-32(25-27)45-37(44-31)35-9-7-24-47(35)40(52)53-42(4,5)6/h11-20,25,33-36H,7-10,21-24H2,1-6H3,(H,43,49)(H,44,45)(H,50,51)/t33?,34?,35-,36?/m0/s1. The summed E-state index contributed by atoms with van der Waals surface area (Å²) in [6, 6.07) is 22.8. The van der Waals surface area contributed by atoms with Crippen molar-refractivity contribution in [2.24, 2.45) is 0 Å². The first-order valence-corrected chi connectivity index (χ1v) is 18.9. The Morgan fingerprint density at radius 2 is 1.43 bits per heavy atom. The van der Waals surface area contributed by atoms with Crippen LogP contribution in [0, 0.1) is 0 Å². The van der Waals surface area contributed by atoms with Crippen molar-refractivity contribution in [3.8, 4) is 0 Å². The van der Waals surface area contributed by atoms with E-state index in [1.54, 1.807) is 4.90 Å². The average molecular weight is 721 g/mol. The molecule has 11 heteroatoms. The van der Waals surface area contributed by atoms with Crippen LogP contribution in [0.25, 0.3) is 11.0 Å². The maximum absolute atomic E-state index is 13.1. The number of carbonyl (C=O) groups excluding carboxylic acids is 2. The van der Waals surface area contributed by atoms with Gasteiger partial charge in [-0.3, -0.25) is 14.6 Å². The van der Waals surface area contributed by atoms with Crippen LogP contribution in [0.4, 0.5) is 21.0 Å². The van der Waals surface area contributed by atoms with Gasteiger partial charge in [-0.25, -0.2) is 14.6 Å². The van der Waals surface area contributed by atoms with E-state index in [9.17, 15) is 19.5 Å². The molecule has 3 amide bonds. The van der Waals surface area contributed by atoms with Gasteiger partial charge < -0.3 is 25.0 Å². The van der Waals surface area contributed by atoms with Gasteiger partial charge in [0.05, 0.1) is 29.2 Å². The number of nitrogens with zero attached hydrogens (tertiary/aromatic N) is 4. The summed E-state index contributed by atoms with van der Waals surface area (Å²) >= 11 is 0. The lowest BCUT2D eigenvalue weighted by atomic mass is 9.87. The fraction of sp³-hybridized carbons (Fsp3) is 0.476. The molecule has 1 aromatic heterocycles. The third-order valence-corrected chi connectivity index (χ3v) is 10.9. The van der Waals surface area contributed by atoms with Crippen LogP contribution in [-0.2, 0) is 14.9 Å². The van der Waals surface area contributed by atoms with Crippen molar-refractivity contribution >= 4 is 40.5 Å². The van der Waals surface area contributed by atoms with Gasteiger partial charge in [-0.15, -0.1) is 0 Å². The number of H-pyrrole nitrogens is 1. The Bertz CT molecular complexity index is 1980. The third-order valence-electron chi connectivity index (χ3n) is 10.9. The van der Waals surface area contributed by atoms with E-state index in [-0.39, 0.29) is 35.5 Å². The van der Waals surface area contributed by atoms with Gasteiger partial charge in [-0.2, -0.15) is 0 Å². The number of aromatic amines is 1. The highest BCUT2D eigenvalue weighted by molar-refractivity contribution is 5.96. The molecule has 0 spiro atoms. The molecule has 3 aliphatic rings. The van der Waals surface area contributed by atoms with Gasteiger partial charge in [0.2, 0.25) is 5.91 Å². The lowest BCUT2D eigenvalue weighted by Gasteiger charge is -2.34. The fourth-order valence-electron chi connectivity index (χ4n) is 8.24. The van der Waals surface area contributed by atoms with Crippen molar-refractivity contribution in [3.63, 3.8) is 0 Å². The molecule has 53 heavy (non-hydrogen) atoms. The Labute approximate surface area is 311 Å². The number of amides is 3. The van der Waals surface area contributed by atoms with Crippen molar-refractivity contribution in [1.82, 2.24) is 19.8 Å². The number of benzene rings is 3. The van der Waals surface area contributed by atoms with Crippen LogP contribution in [0.5, 0.6) is 0 Å². The molecule has 0 radical (unpaired) electrons. The lowest BCUT2D eigenvalue weighted by molar-refractivity contribution is -0.119. The molecule has 4 aromatic rings. The number of nitrogens with one attached hydrogen (secondary N) is 2. The maximum atomic E-state index is 13.1. The van der Waals surface area contributed by atoms with Gasteiger partial charge in [0.25, 0.3) is 0 Å². The van der Waals surface area contributed by atoms with E-state index >= 15 is 0 Å². The van der Waals surface area contributed by atoms with Crippen molar-refractivity contribution in [1.29, 1.82) is 0 Å². The number of hydrogen-bond donors (Lipinski definition) is 3. The van der Waals surface area contributed by atoms with Crippen molar-refractivity contribution in [2.75, 3.05) is 23.3 Å². The Balaban J connectivity index is 1.16. The number of carbonyl (C=O) groups is 3. The highest BCUT2D eigenvalue weighted by Gasteiger charge is 2.38. The molecule has 0 aliphatic carbocycles. The Morgan fingerprint density at radius 1 is 0.792 bits per heavy atom. The topological polar surface area (TPSA) is 131 Å². The number of likely N-dealkylation sites (tertiary alicyclic amines) is 2. The summed E-state index contributed by atoms with van der Waals surface area (Å²) in [5.41, 5.74) is 6.69. The number of carboxylic acid groups (broad SMARTS) is 1. The highest BCUT2D eigenvalue weighted by Crippen LogP contribution is 2.48. The summed E-state index contributed by atoms with van der Waals surface area (Å²) in [6.45, 7) is 13.4. The molecule has 3 aliphatic heterocycles. The second-order valence-electron chi connectivity index (χ2n) is 16.8. The summed E-state index contributed by atoms with van der Waals surface area (Å²) in [5, 5.41) is 12.5. The zero-order valence-corrected chi connectivity index (χ0v) is 31.7. The van der Waals surface area contributed by atoms with E-state index in [1.165, 1.54) is 16.0 Å². The van der Waals surface area contributed by atoms with Crippen LogP contribution in [-0.4, -0.2) is 67.7 Å². The predicted octanol–water partition coefficient (Wildman–Crippen LogP) is 9.10. The van der Waals surface area contributed by atoms with Crippen LogP contribution < -0.4 is 10.2 Å². The zero-order valence-electron chi connectivity index (χ0n) is 31.7. The van der Waals surface area contributed by atoms with Crippen molar-refractivity contribution < 1.29 is 24.2 Å². The van der Waals surface area contributed by atoms with Crippen molar-refractivity contribution in [3.05, 3.63) is 89.2 Å². The summed E-state index contributed by atoms with van der Waals surface area (Å²) in [4.78, 5) is 51.7. The molecule has 4 atom stereocenters. The first kappa shape index (κ1) is 36.3. The second kappa shape index (κ2) is 14.1. The molecule has 7 rings (SSSR count). The van der Waals surface area contributed by atoms with Gasteiger partial charge in [0.15, 0.2) is 0 Å². The molecule has 3 aromatic carbocycles. The Morgan fingerprint density at radius 3 is 2.09 bits per heavy atom. The second-order valence-corrected chi connectivity index (χ2v) is 16.8. The number of fused-ring (bicyclic) bond motifs is 1. The minimum Gasteiger partial charge on any atom is -0.465 e. The molecule has 3 fully saturated rings. The summed E-state index contributed by atoms with van der Waals surface area (Å²) in [6.07, 6.45) is 3.45. The van der Waals surface area contributed by atoms with Gasteiger partial charge in [0, 0.05) is 24.5 Å². The number of aromatic nitrogens is 2. The van der Waals surface area contributed by atoms with Crippen LogP contribution in [0.2, 0.25) is 0 Å². The highest BCUT2D eigenvalue weighted by atomic mass is 16.6. The molecule has 3 N–H and O–H groups in total. The van der Waals surface area contributed by atoms with Gasteiger partial charge in [0.1, 0.15) is 17.5 Å².